The van der Waals surface area contributed by atoms with E-state index in [1.807, 2.05) is 31.2 Å². The van der Waals surface area contributed by atoms with Crippen molar-refractivity contribution in [1.82, 2.24) is 5.32 Å². The second-order valence-corrected chi connectivity index (χ2v) is 7.07. The number of ether oxygens (including phenoxy) is 2. The molecule has 0 saturated heterocycles. The van der Waals surface area contributed by atoms with Crippen LogP contribution in [0.2, 0.25) is 0 Å². The van der Waals surface area contributed by atoms with Gasteiger partial charge in [-0.15, -0.1) is 0 Å². The van der Waals surface area contributed by atoms with Gasteiger partial charge < -0.3 is 14.8 Å². The fourth-order valence-corrected chi connectivity index (χ4v) is 3.77. The van der Waals surface area contributed by atoms with Crippen LogP contribution in [0, 0.1) is 6.92 Å². The van der Waals surface area contributed by atoms with Crippen LogP contribution in [-0.2, 0) is 10.2 Å². The van der Waals surface area contributed by atoms with Gasteiger partial charge in [0.2, 0.25) is 0 Å². The quantitative estimate of drug-likeness (QED) is 0.818. The monoisotopic (exact) mass is 353 g/mol. The van der Waals surface area contributed by atoms with Crippen molar-refractivity contribution in [1.29, 1.82) is 0 Å². The van der Waals surface area contributed by atoms with Crippen LogP contribution in [0.3, 0.4) is 0 Å². The SMILES string of the molecule is COc1cc(C)ccc1OCC(=O)NCC1(c2ccccc2)CCCC1. The highest BCUT2D eigenvalue weighted by Gasteiger charge is 2.35. The topological polar surface area (TPSA) is 47.6 Å². The summed E-state index contributed by atoms with van der Waals surface area (Å²) in [6.45, 7) is 2.64. The zero-order valence-corrected chi connectivity index (χ0v) is 15.6. The van der Waals surface area contributed by atoms with Crippen molar-refractivity contribution in [3.63, 3.8) is 0 Å². The molecule has 2 aromatic rings. The van der Waals surface area contributed by atoms with Crippen molar-refractivity contribution in [3.8, 4) is 11.5 Å². The molecule has 1 N–H and O–H groups in total. The number of rotatable bonds is 7. The maximum absolute atomic E-state index is 12.3. The van der Waals surface area contributed by atoms with E-state index in [-0.39, 0.29) is 17.9 Å². The fraction of sp³-hybridized carbons (Fsp3) is 0.409. The largest absolute Gasteiger partial charge is 0.493 e. The van der Waals surface area contributed by atoms with Gasteiger partial charge in [-0.3, -0.25) is 4.79 Å². The van der Waals surface area contributed by atoms with Crippen LogP contribution in [0.5, 0.6) is 11.5 Å². The van der Waals surface area contributed by atoms with Crippen LogP contribution in [0.15, 0.2) is 48.5 Å². The van der Waals surface area contributed by atoms with Crippen LogP contribution < -0.4 is 14.8 Å². The molecule has 138 valence electrons. The first kappa shape index (κ1) is 18.3. The summed E-state index contributed by atoms with van der Waals surface area (Å²) in [7, 11) is 1.60. The Kier molecular flexibility index (Phi) is 5.82. The van der Waals surface area contributed by atoms with Crippen LogP contribution in [-0.4, -0.2) is 26.2 Å². The fourth-order valence-electron chi connectivity index (χ4n) is 3.77. The van der Waals surface area contributed by atoms with E-state index in [1.54, 1.807) is 7.11 Å². The molecule has 0 aliphatic heterocycles. The molecule has 3 rings (SSSR count). The summed E-state index contributed by atoms with van der Waals surface area (Å²) in [5, 5.41) is 3.08. The number of benzene rings is 2. The number of aryl methyl sites for hydroxylation is 1. The summed E-state index contributed by atoms with van der Waals surface area (Å²) in [5.41, 5.74) is 2.46. The molecule has 2 aromatic carbocycles. The minimum atomic E-state index is -0.102. The van der Waals surface area contributed by atoms with E-state index in [0.717, 1.165) is 18.4 Å². The van der Waals surface area contributed by atoms with Gasteiger partial charge in [0.1, 0.15) is 0 Å². The lowest BCUT2D eigenvalue weighted by atomic mass is 9.79. The lowest BCUT2D eigenvalue weighted by Gasteiger charge is -2.30. The van der Waals surface area contributed by atoms with Gasteiger partial charge in [-0.05, 0) is 43.0 Å². The average Bonchev–Trinajstić information content (AvgIpc) is 3.16. The second kappa shape index (κ2) is 8.26. The number of hydrogen-bond donors (Lipinski definition) is 1. The Balaban J connectivity index is 1.58. The number of amides is 1. The Morgan fingerprint density at radius 1 is 1.08 bits per heavy atom. The standard InChI is InChI=1S/C22H27NO3/c1-17-10-11-19(20(14-17)25-2)26-15-21(24)23-16-22(12-6-7-13-22)18-8-4-3-5-9-18/h3-5,8-11,14H,6-7,12-13,15-16H2,1-2H3,(H,23,24). The Morgan fingerprint density at radius 3 is 2.50 bits per heavy atom. The normalized spacial score (nSPS) is 15.5. The summed E-state index contributed by atoms with van der Waals surface area (Å²) in [4.78, 5) is 12.3. The molecule has 0 aromatic heterocycles. The maximum atomic E-state index is 12.3. The van der Waals surface area contributed by atoms with Gasteiger partial charge in [0.05, 0.1) is 7.11 Å². The van der Waals surface area contributed by atoms with Crippen LogP contribution in [0.1, 0.15) is 36.8 Å². The maximum Gasteiger partial charge on any atom is 0.257 e. The number of carbonyl (C=O) groups excluding carboxylic acids is 1. The Bertz CT molecular complexity index is 736. The minimum absolute atomic E-state index is 0.00963. The molecule has 0 unspecified atom stereocenters. The molecule has 0 bridgehead atoms. The first-order valence-corrected chi connectivity index (χ1v) is 9.23. The number of hydrogen-bond acceptors (Lipinski definition) is 3. The summed E-state index contributed by atoms with van der Waals surface area (Å²) in [6, 6.07) is 16.2. The van der Waals surface area contributed by atoms with Gasteiger partial charge in [0.15, 0.2) is 18.1 Å². The molecule has 1 amide bonds. The number of carbonyl (C=O) groups is 1. The van der Waals surface area contributed by atoms with E-state index in [0.29, 0.717) is 18.0 Å². The first-order chi connectivity index (χ1) is 12.6. The highest BCUT2D eigenvalue weighted by molar-refractivity contribution is 5.77. The predicted molar refractivity (Wildman–Crippen MR) is 103 cm³/mol. The summed E-state index contributed by atoms with van der Waals surface area (Å²) >= 11 is 0. The van der Waals surface area contributed by atoms with E-state index >= 15 is 0 Å². The second-order valence-electron chi connectivity index (χ2n) is 7.07. The van der Waals surface area contributed by atoms with E-state index in [4.69, 9.17) is 9.47 Å². The van der Waals surface area contributed by atoms with Crippen molar-refractivity contribution < 1.29 is 14.3 Å². The van der Waals surface area contributed by atoms with Gasteiger partial charge in [-0.1, -0.05) is 49.2 Å². The van der Waals surface area contributed by atoms with Gasteiger partial charge in [-0.2, -0.15) is 0 Å². The van der Waals surface area contributed by atoms with Crippen molar-refractivity contribution in [2.75, 3.05) is 20.3 Å². The molecule has 0 spiro atoms. The van der Waals surface area contributed by atoms with Crippen molar-refractivity contribution in [2.24, 2.45) is 0 Å². The van der Waals surface area contributed by atoms with Crippen molar-refractivity contribution in [3.05, 3.63) is 59.7 Å². The zero-order valence-electron chi connectivity index (χ0n) is 15.6. The first-order valence-electron chi connectivity index (χ1n) is 9.23. The lowest BCUT2D eigenvalue weighted by molar-refractivity contribution is -0.123. The van der Waals surface area contributed by atoms with Gasteiger partial charge >= 0.3 is 0 Å². The molecule has 1 aliphatic rings. The van der Waals surface area contributed by atoms with E-state index in [2.05, 4.69) is 29.6 Å². The average molecular weight is 353 g/mol. The molecule has 4 nitrogen and oxygen atoms in total. The molecular formula is C22H27NO3. The summed E-state index contributed by atoms with van der Waals surface area (Å²) in [6.07, 6.45) is 4.65. The van der Waals surface area contributed by atoms with E-state index in [9.17, 15) is 4.79 Å². The molecule has 0 heterocycles. The Morgan fingerprint density at radius 2 is 1.81 bits per heavy atom. The highest BCUT2D eigenvalue weighted by Crippen LogP contribution is 2.40. The minimum Gasteiger partial charge on any atom is -0.493 e. The van der Waals surface area contributed by atoms with Gasteiger partial charge in [0.25, 0.3) is 5.91 Å². The van der Waals surface area contributed by atoms with Crippen LogP contribution in [0.25, 0.3) is 0 Å². The molecule has 1 saturated carbocycles. The Hall–Kier alpha value is -2.49. The molecule has 0 atom stereocenters. The third kappa shape index (κ3) is 4.18. The molecule has 0 radical (unpaired) electrons. The molecular weight excluding hydrogens is 326 g/mol. The number of nitrogens with one attached hydrogen (secondary N) is 1. The molecule has 1 aliphatic carbocycles. The predicted octanol–water partition coefficient (Wildman–Crippen LogP) is 4.01. The zero-order chi connectivity index (χ0) is 18.4. The summed E-state index contributed by atoms with van der Waals surface area (Å²) < 4.78 is 11.0. The van der Waals surface area contributed by atoms with Gasteiger partial charge in [0, 0.05) is 12.0 Å². The van der Waals surface area contributed by atoms with E-state index in [1.165, 1.54) is 18.4 Å². The summed E-state index contributed by atoms with van der Waals surface area (Å²) in [5.74, 6) is 1.14. The highest BCUT2D eigenvalue weighted by atomic mass is 16.5. The molecule has 1 fully saturated rings. The van der Waals surface area contributed by atoms with Crippen LogP contribution >= 0.6 is 0 Å². The number of methoxy groups -OCH3 is 1. The van der Waals surface area contributed by atoms with Gasteiger partial charge in [-0.25, -0.2) is 0 Å². The smallest absolute Gasteiger partial charge is 0.257 e. The third-order valence-corrected chi connectivity index (χ3v) is 5.25. The van der Waals surface area contributed by atoms with Crippen molar-refractivity contribution >= 4 is 5.91 Å². The van der Waals surface area contributed by atoms with E-state index < -0.39 is 0 Å². The van der Waals surface area contributed by atoms with Crippen LogP contribution in [0.4, 0.5) is 0 Å². The Labute approximate surface area is 155 Å². The molecule has 4 heteroatoms. The molecule has 26 heavy (non-hydrogen) atoms. The lowest BCUT2D eigenvalue weighted by Crippen LogP contribution is -2.40. The third-order valence-electron chi connectivity index (χ3n) is 5.25. The van der Waals surface area contributed by atoms with Crippen molar-refractivity contribution in [2.45, 2.75) is 38.0 Å².